The van der Waals surface area contributed by atoms with E-state index < -0.39 is 0 Å². The van der Waals surface area contributed by atoms with E-state index in [1.54, 1.807) is 12.1 Å². The van der Waals surface area contributed by atoms with E-state index in [1.165, 1.54) is 23.3 Å². The van der Waals surface area contributed by atoms with Crippen LogP contribution in [-0.4, -0.2) is 66.7 Å². The number of morpholine rings is 1. The number of ether oxygens (including phenoxy) is 2. The highest BCUT2D eigenvalue weighted by Crippen LogP contribution is 2.29. The number of benzene rings is 2. The Bertz CT molecular complexity index is 886. The van der Waals surface area contributed by atoms with E-state index in [4.69, 9.17) is 9.47 Å². The molecule has 5 nitrogen and oxygen atoms in total. The summed E-state index contributed by atoms with van der Waals surface area (Å²) in [5.41, 5.74) is 2.98. The Labute approximate surface area is 182 Å². The average molecular weight is 425 g/mol. The van der Waals surface area contributed by atoms with E-state index in [-0.39, 0.29) is 30.5 Å². The fourth-order valence-electron chi connectivity index (χ4n) is 5.18. The molecule has 0 N–H and O–H groups in total. The lowest BCUT2D eigenvalue weighted by Crippen LogP contribution is -2.56. The van der Waals surface area contributed by atoms with Gasteiger partial charge in [0.2, 0.25) is 5.91 Å². The zero-order valence-electron chi connectivity index (χ0n) is 17.7. The predicted octanol–water partition coefficient (Wildman–Crippen LogP) is 3.06. The number of fused-ring (bicyclic) bond motifs is 1. The van der Waals surface area contributed by atoms with Gasteiger partial charge in [0.25, 0.3) is 0 Å². The summed E-state index contributed by atoms with van der Waals surface area (Å²) in [7, 11) is 0. The third-order valence-electron chi connectivity index (χ3n) is 6.90. The summed E-state index contributed by atoms with van der Waals surface area (Å²) in [6.45, 7) is 3.08. The van der Waals surface area contributed by atoms with Gasteiger partial charge < -0.3 is 14.4 Å². The summed E-state index contributed by atoms with van der Waals surface area (Å²) in [5.74, 6) is 0.398. The highest BCUT2D eigenvalue weighted by molar-refractivity contribution is 5.78. The van der Waals surface area contributed by atoms with E-state index >= 15 is 0 Å². The first kappa shape index (κ1) is 20.5. The van der Waals surface area contributed by atoms with Crippen LogP contribution in [0, 0.1) is 5.82 Å². The highest BCUT2D eigenvalue weighted by Gasteiger charge is 2.36. The molecule has 0 aromatic heterocycles. The molecule has 164 valence electrons. The lowest BCUT2D eigenvalue weighted by atomic mass is 9.99. The highest BCUT2D eigenvalue weighted by atomic mass is 19.1. The van der Waals surface area contributed by atoms with Crippen LogP contribution < -0.4 is 4.74 Å². The first-order chi connectivity index (χ1) is 15.2. The smallest absolute Gasteiger partial charge is 0.248 e. The van der Waals surface area contributed by atoms with E-state index in [0.717, 1.165) is 38.8 Å². The van der Waals surface area contributed by atoms with Crippen molar-refractivity contribution in [3.63, 3.8) is 0 Å². The number of amides is 1. The molecule has 0 bridgehead atoms. The molecule has 1 aliphatic carbocycles. The number of hydrogen-bond acceptors (Lipinski definition) is 4. The maximum Gasteiger partial charge on any atom is 0.248 e. The summed E-state index contributed by atoms with van der Waals surface area (Å²) in [4.78, 5) is 17.2. The molecule has 1 amide bonds. The summed E-state index contributed by atoms with van der Waals surface area (Å²) in [6.07, 6.45) is 4.12. The number of piperidine rings is 1. The Morgan fingerprint density at radius 2 is 1.65 bits per heavy atom. The third kappa shape index (κ3) is 4.60. The van der Waals surface area contributed by atoms with Crippen molar-refractivity contribution >= 4 is 5.91 Å². The van der Waals surface area contributed by atoms with Crippen molar-refractivity contribution in [3.8, 4) is 5.75 Å². The number of halogens is 1. The van der Waals surface area contributed by atoms with Crippen LogP contribution in [-0.2, 0) is 22.4 Å². The summed E-state index contributed by atoms with van der Waals surface area (Å²) in [6, 6.07) is 15.6. The van der Waals surface area contributed by atoms with Crippen LogP contribution >= 0.6 is 0 Å². The summed E-state index contributed by atoms with van der Waals surface area (Å²) >= 11 is 0. The Morgan fingerprint density at radius 3 is 2.32 bits per heavy atom. The minimum absolute atomic E-state index is 0.0738. The molecule has 2 heterocycles. The number of hydrogen-bond donors (Lipinski definition) is 0. The van der Waals surface area contributed by atoms with E-state index in [0.29, 0.717) is 24.9 Å². The van der Waals surface area contributed by atoms with Crippen molar-refractivity contribution in [2.45, 2.75) is 43.9 Å². The monoisotopic (exact) mass is 424 g/mol. The number of nitrogens with zero attached hydrogens (tertiary/aromatic N) is 2. The number of likely N-dealkylation sites (tertiary alicyclic amines) is 1. The van der Waals surface area contributed by atoms with Gasteiger partial charge in [-0.15, -0.1) is 0 Å². The van der Waals surface area contributed by atoms with Crippen LogP contribution in [0.1, 0.15) is 24.0 Å². The molecular weight excluding hydrogens is 395 g/mol. The zero-order valence-corrected chi connectivity index (χ0v) is 17.7. The second-order valence-corrected chi connectivity index (χ2v) is 8.84. The molecule has 0 spiro atoms. The Morgan fingerprint density at radius 1 is 0.968 bits per heavy atom. The molecule has 2 aliphatic heterocycles. The minimum Gasteiger partial charge on any atom is -0.491 e. The van der Waals surface area contributed by atoms with Gasteiger partial charge in [0, 0.05) is 25.2 Å². The van der Waals surface area contributed by atoms with Crippen molar-refractivity contribution in [1.29, 1.82) is 0 Å². The van der Waals surface area contributed by atoms with Gasteiger partial charge in [-0.1, -0.05) is 24.3 Å². The van der Waals surface area contributed by atoms with Gasteiger partial charge in [-0.3, -0.25) is 9.69 Å². The van der Waals surface area contributed by atoms with E-state index in [2.05, 4.69) is 29.2 Å². The quantitative estimate of drug-likeness (QED) is 0.740. The molecule has 1 atom stereocenters. The van der Waals surface area contributed by atoms with Gasteiger partial charge in [0.15, 0.2) is 0 Å². The van der Waals surface area contributed by atoms with Crippen LogP contribution in [0.3, 0.4) is 0 Å². The largest absolute Gasteiger partial charge is 0.491 e. The lowest BCUT2D eigenvalue weighted by molar-refractivity contribution is -0.155. The minimum atomic E-state index is -0.286. The van der Waals surface area contributed by atoms with Crippen molar-refractivity contribution in [2.75, 3.05) is 32.8 Å². The van der Waals surface area contributed by atoms with Gasteiger partial charge >= 0.3 is 0 Å². The predicted molar refractivity (Wildman–Crippen MR) is 116 cm³/mol. The number of carbonyl (C=O) groups excluding carboxylic acids is 1. The van der Waals surface area contributed by atoms with Gasteiger partial charge in [-0.25, -0.2) is 4.39 Å². The Kier molecular flexibility index (Phi) is 5.92. The molecule has 2 fully saturated rings. The number of carbonyl (C=O) groups is 1. The van der Waals surface area contributed by atoms with Crippen molar-refractivity contribution < 1.29 is 18.7 Å². The van der Waals surface area contributed by atoms with Crippen molar-refractivity contribution in [2.24, 2.45) is 0 Å². The fraction of sp³-hybridized carbons (Fsp3) is 0.480. The molecule has 2 aromatic rings. The lowest BCUT2D eigenvalue weighted by Gasteiger charge is -2.43. The van der Waals surface area contributed by atoms with Crippen LogP contribution in [0.2, 0.25) is 0 Å². The maximum atomic E-state index is 13.0. The van der Waals surface area contributed by atoms with Gasteiger partial charge in [-0.2, -0.15) is 0 Å². The second-order valence-electron chi connectivity index (χ2n) is 8.84. The van der Waals surface area contributed by atoms with Crippen molar-refractivity contribution in [3.05, 3.63) is 65.5 Å². The number of rotatable bonds is 5. The van der Waals surface area contributed by atoms with Gasteiger partial charge in [-0.05, 0) is 61.1 Å². The van der Waals surface area contributed by atoms with Gasteiger partial charge in [0.1, 0.15) is 30.9 Å². The summed E-state index contributed by atoms with van der Waals surface area (Å²) < 4.78 is 24.5. The molecule has 0 radical (unpaired) electrons. The molecule has 5 rings (SSSR count). The molecule has 31 heavy (non-hydrogen) atoms. The molecule has 6 heteroatoms. The van der Waals surface area contributed by atoms with Crippen molar-refractivity contribution in [1.82, 2.24) is 9.80 Å². The molecule has 1 unspecified atom stereocenters. The van der Waals surface area contributed by atoms with E-state index in [9.17, 15) is 9.18 Å². The first-order valence-electron chi connectivity index (χ1n) is 11.3. The molecule has 2 saturated heterocycles. The topological polar surface area (TPSA) is 42.0 Å². The Hall–Kier alpha value is -2.44. The Balaban J connectivity index is 1.12. The first-order valence-corrected chi connectivity index (χ1v) is 11.3. The van der Waals surface area contributed by atoms with Crippen LogP contribution in [0.4, 0.5) is 4.39 Å². The molecule has 3 aliphatic rings. The second kappa shape index (κ2) is 8.97. The van der Waals surface area contributed by atoms with Gasteiger partial charge in [0.05, 0.1) is 6.54 Å². The standard InChI is InChI=1S/C25H29FN2O3/c26-20-5-7-23(8-6-20)30-16-24-15-28(25(29)17-31-24)21-9-11-27(12-10-21)22-13-18-3-1-2-4-19(18)14-22/h1-8,21-22,24H,9-17H2. The molecule has 0 saturated carbocycles. The molecular formula is C25H29FN2O3. The third-order valence-corrected chi connectivity index (χ3v) is 6.90. The molecule has 2 aromatic carbocycles. The van der Waals surface area contributed by atoms with Crippen LogP contribution in [0.5, 0.6) is 5.75 Å². The SMILES string of the molecule is O=C1COC(COc2ccc(F)cc2)CN1C1CCN(C2Cc3ccccc3C2)CC1. The maximum absolute atomic E-state index is 13.0. The van der Waals surface area contributed by atoms with E-state index in [1.807, 2.05) is 4.90 Å². The fourth-order valence-corrected chi connectivity index (χ4v) is 5.18. The van der Waals surface area contributed by atoms with Crippen LogP contribution in [0.25, 0.3) is 0 Å². The normalized spacial score (nSPS) is 23.2. The average Bonchev–Trinajstić information content (AvgIpc) is 3.24. The van der Waals surface area contributed by atoms with Crippen LogP contribution in [0.15, 0.2) is 48.5 Å². The zero-order chi connectivity index (χ0) is 21.2. The summed E-state index contributed by atoms with van der Waals surface area (Å²) in [5, 5.41) is 0.